The van der Waals surface area contributed by atoms with Crippen molar-refractivity contribution in [3.63, 3.8) is 0 Å². The van der Waals surface area contributed by atoms with Gasteiger partial charge in [-0.3, -0.25) is 4.99 Å². The van der Waals surface area contributed by atoms with Crippen molar-refractivity contribution < 1.29 is 0 Å². The summed E-state index contributed by atoms with van der Waals surface area (Å²) in [7, 11) is 0. The van der Waals surface area contributed by atoms with E-state index < -0.39 is 0 Å². The van der Waals surface area contributed by atoms with E-state index in [0.29, 0.717) is 5.84 Å². The summed E-state index contributed by atoms with van der Waals surface area (Å²) in [5, 5.41) is 3.03. The monoisotopic (exact) mass is 254 g/mol. The molecule has 0 atom stereocenters. The van der Waals surface area contributed by atoms with Crippen molar-refractivity contribution in [3.8, 4) is 0 Å². The molecule has 0 aromatic rings. The SMILES string of the molecule is CCCCCCCCN=C(CCCCCC)N=O. The molecule has 0 N–H and O–H groups in total. The summed E-state index contributed by atoms with van der Waals surface area (Å²) >= 11 is 0. The molecule has 0 aromatic heterocycles. The van der Waals surface area contributed by atoms with Crippen molar-refractivity contribution in [2.45, 2.75) is 84.5 Å². The molecule has 0 radical (unpaired) electrons. The second kappa shape index (κ2) is 14.3. The van der Waals surface area contributed by atoms with E-state index >= 15 is 0 Å². The highest BCUT2D eigenvalue weighted by molar-refractivity contribution is 5.82. The first kappa shape index (κ1) is 17.3. The van der Waals surface area contributed by atoms with Gasteiger partial charge in [0.05, 0.1) is 0 Å². The third-order valence-corrected chi connectivity index (χ3v) is 3.17. The van der Waals surface area contributed by atoms with Crippen LogP contribution in [0.5, 0.6) is 0 Å². The van der Waals surface area contributed by atoms with E-state index in [0.717, 1.165) is 25.8 Å². The first-order valence-corrected chi connectivity index (χ1v) is 7.71. The van der Waals surface area contributed by atoms with Crippen molar-refractivity contribution in [3.05, 3.63) is 4.91 Å². The van der Waals surface area contributed by atoms with Gasteiger partial charge in [0.2, 0.25) is 0 Å². The minimum atomic E-state index is 0.527. The lowest BCUT2D eigenvalue weighted by molar-refractivity contribution is 0.611. The van der Waals surface area contributed by atoms with Crippen LogP contribution in [0, 0.1) is 4.91 Å². The molecule has 0 saturated carbocycles. The maximum atomic E-state index is 10.6. The molecule has 106 valence electrons. The maximum Gasteiger partial charge on any atom is 0.168 e. The molecule has 0 unspecified atom stereocenters. The Morgan fingerprint density at radius 1 is 0.778 bits per heavy atom. The van der Waals surface area contributed by atoms with Gasteiger partial charge in [-0.25, -0.2) is 0 Å². The predicted octanol–water partition coefficient (Wildman–Crippen LogP) is 5.48. The number of nitroso groups, excluding NO2 is 1. The van der Waals surface area contributed by atoms with Crippen LogP contribution in [0.15, 0.2) is 10.2 Å². The Bertz CT molecular complexity index is 215. The zero-order valence-corrected chi connectivity index (χ0v) is 12.3. The van der Waals surface area contributed by atoms with Gasteiger partial charge in [-0.05, 0) is 18.0 Å². The minimum absolute atomic E-state index is 0.527. The summed E-state index contributed by atoms with van der Waals surface area (Å²) in [5.74, 6) is 0.527. The van der Waals surface area contributed by atoms with Crippen LogP contribution in [0.25, 0.3) is 0 Å². The van der Waals surface area contributed by atoms with Crippen molar-refractivity contribution in [2.75, 3.05) is 6.54 Å². The van der Waals surface area contributed by atoms with E-state index in [9.17, 15) is 4.91 Å². The minimum Gasteiger partial charge on any atom is -0.268 e. The third-order valence-electron chi connectivity index (χ3n) is 3.17. The van der Waals surface area contributed by atoms with Gasteiger partial charge < -0.3 is 0 Å². The molecule has 0 fully saturated rings. The van der Waals surface area contributed by atoms with Crippen LogP contribution in [0.2, 0.25) is 0 Å². The highest BCUT2D eigenvalue weighted by Crippen LogP contribution is 2.07. The number of unbranched alkanes of at least 4 members (excludes halogenated alkanes) is 8. The lowest BCUT2D eigenvalue weighted by atomic mass is 10.1. The number of hydrogen-bond donors (Lipinski definition) is 0. The molecule has 0 aromatic carbocycles. The molecular weight excluding hydrogens is 224 g/mol. The van der Waals surface area contributed by atoms with E-state index in [2.05, 4.69) is 24.0 Å². The van der Waals surface area contributed by atoms with Crippen LogP contribution in [-0.4, -0.2) is 12.4 Å². The molecule has 0 rings (SSSR count). The fourth-order valence-corrected chi connectivity index (χ4v) is 1.96. The topological polar surface area (TPSA) is 41.8 Å². The zero-order valence-electron chi connectivity index (χ0n) is 12.3. The lowest BCUT2D eigenvalue weighted by Gasteiger charge is -2.00. The van der Waals surface area contributed by atoms with Gasteiger partial charge >= 0.3 is 0 Å². The number of nitrogens with zero attached hydrogens (tertiary/aromatic N) is 2. The summed E-state index contributed by atoms with van der Waals surface area (Å²) in [5.41, 5.74) is 0. The Morgan fingerprint density at radius 3 is 1.94 bits per heavy atom. The molecule has 0 saturated heterocycles. The largest absolute Gasteiger partial charge is 0.268 e. The third kappa shape index (κ3) is 11.7. The van der Waals surface area contributed by atoms with E-state index in [1.54, 1.807) is 0 Å². The van der Waals surface area contributed by atoms with Crippen LogP contribution in [-0.2, 0) is 0 Å². The van der Waals surface area contributed by atoms with Gasteiger partial charge in [0.1, 0.15) is 0 Å². The quantitative estimate of drug-likeness (QED) is 0.197. The normalized spacial score (nSPS) is 11.8. The summed E-state index contributed by atoms with van der Waals surface area (Å²) in [6.07, 6.45) is 13.0. The van der Waals surface area contributed by atoms with Crippen molar-refractivity contribution in [2.24, 2.45) is 10.2 Å². The molecule has 0 aliphatic heterocycles. The Morgan fingerprint density at radius 2 is 1.33 bits per heavy atom. The van der Waals surface area contributed by atoms with Crippen molar-refractivity contribution >= 4 is 5.84 Å². The van der Waals surface area contributed by atoms with Crippen LogP contribution < -0.4 is 0 Å². The average molecular weight is 254 g/mol. The smallest absolute Gasteiger partial charge is 0.168 e. The maximum absolute atomic E-state index is 10.6. The van der Waals surface area contributed by atoms with Crippen LogP contribution in [0.1, 0.15) is 84.5 Å². The lowest BCUT2D eigenvalue weighted by Crippen LogP contribution is -1.96. The van der Waals surface area contributed by atoms with Gasteiger partial charge in [-0.15, -0.1) is 4.91 Å². The van der Waals surface area contributed by atoms with Crippen molar-refractivity contribution in [1.82, 2.24) is 0 Å². The van der Waals surface area contributed by atoms with Crippen molar-refractivity contribution in [1.29, 1.82) is 0 Å². The van der Waals surface area contributed by atoms with Crippen LogP contribution in [0.4, 0.5) is 0 Å². The molecule has 0 bridgehead atoms. The molecular formula is C15H30N2O. The molecule has 0 spiro atoms. The van der Waals surface area contributed by atoms with E-state index in [4.69, 9.17) is 0 Å². The Hall–Kier alpha value is -0.730. The summed E-state index contributed by atoms with van der Waals surface area (Å²) in [6, 6.07) is 0. The van der Waals surface area contributed by atoms with Gasteiger partial charge in [-0.1, -0.05) is 65.2 Å². The standard InChI is InChI=1S/C15H30N2O/c1-3-5-7-9-10-12-14-16-15(17-18)13-11-8-6-4-2/h3-14H2,1-2H3. The van der Waals surface area contributed by atoms with Gasteiger partial charge in [0, 0.05) is 13.0 Å². The van der Waals surface area contributed by atoms with E-state index in [-0.39, 0.29) is 0 Å². The average Bonchev–Trinajstić information content (AvgIpc) is 2.40. The molecule has 0 aliphatic carbocycles. The molecule has 3 nitrogen and oxygen atoms in total. The zero-order chi connectivity index (χ0) is 13.5. The Balaban J connectivity index is 3.49. The predicted molar refractivity (Wildman–Crippen MR) is 80.2 cm³/mol. The van der Waals surface area contributed by atoms with Gasteiger partial charge in [-0.2, -0.15) is 0 Å². The summed E-state index contributed by atoms with van der Waals surface area (Å²) < 4.78 is 0. The first-order chi connectivity index (χ1) is 8.85. The second-order valence-electron chi connectivity index (χ2n) is 4.97. The molecule has 3 heteroatoms. The molecule has 18 heavy (non-hydrogen) atoms. The molecule has 0 heterocycles. The first-order valence-electron chi connectivity index (χ1n) is 7.71. The number of amidine groups is 1. The van der Waals surface area contributed by atoms with Crippen LogP contribution in [0.3, 0.4) is 0 Å². The second-order valence-corrected chi connectivity index (χ2v) is 4.97. The fraction of sp³-hybridized carbons (Fsp3) is 0.933. The van der Waals surface area contributed by atoms with E-state index in [1.807, 2.05) is 0 Å². The van der Waals surface area contributed by atoms with E-state index in [1.165, 1.54) is 51.4 Å². The Kier molecular flexibility index (Phi) is 13.8. The van der Waals surface area contributed by atoms with Gasteiger partial charge in [0.15, 0.2) is 5.84 Å². The molecule has 0 amide bonds. The number of hydrogen-bond acceptors (Lipinski definition) is 2. The number of aliphatic imine (C=N–C) groups is 1. The summed E-state index contributed by atoms with van der Waals surface area (Å²) in [6.45, 7) is 5.19. The number of rotatable bonds is 12. The van der Waals surface area contributed by atoms with Gasteiger partial charge in [0.25, 0.3) is 0 Å². The van der Waals surface area contributed by atoms with Crippen LogP contribution >= 0.6 is 0 Å². The molecule has 0 aliphatic rings. The Labute approximate surface area is 112 Å². The highest BCUT2D eigenvalue weighted by Gasteiger charge is 1.98. The fourth-order valence-electron chi connectivity index (χ4n) is 1.96. The summed E-state index contributed by atoms with van der Waals surface area (Å²) in [4.78, 5) is 14.9. The highest BCUT2D eigenvalue weighted by atomic mass is 16.3.